The second-order valence-corrected chi connectivity index (χ2v) is 7.24. The van der Waals surface area contributed by atoms with Crippen LogP contribution >= 0.6 is 11.3 Å². The molecule has 4 rings (SSSR count). The Morgan fingerprint density at radius 2 is 1.88 bits per heavy atom. The van der Waals surface area contributed by atoms with E-state index in [-0.39, 0.29) is 29.8 Å². The quantitative estimate of drug-likeness (QED) is 0.901. The normalized spacial score (nSPS) is 23.9. The number of hydrogen-bond donors (Lipinski definition) is 1. The highest BCUT2D eigenvalue weighted by molar-refractivity contribution is 7.10. The minimum Gasteiger partial charge on any atom is -0.329 e. The van der Waals surface area contributed by atoms with E-state index in [0.717, 1.165) is 4.88 Å². The van der Waals surface area contributed by atoms with Gasteiger partial charge in [-0.1, -0.05) is 24.3 Å². The average molecular weight is 341 g/mol. The van der Waals surface area contributed by atoms with Crippen molar-refractivity contribution in [3.63, 3.8) is 0 Å². The number of ketones is 1. The summed E-state index contributed by atoms with van der Waals surface area (Å²) in [5.41, 5.74) is 1.70. The highest BCUT2D eigenvalue weighted by Gasteiger charge is 2.39. The minimum absolute atomic E-state index is 0.0166. The van der Waals surface area contributed by atoms with Crippen molar-refractivity contribution in [2.75, 3.05) is 0 Å². The van der Waals surface area contributed by atoms with Gasteiger partial charge in [0.1, 0.15) is 5.82 Å². The summed E-state index contributed by atoms with van der Waals surface area (Å²) in [6.07, 6.45) is 1.16. The summed E-state index contributed by atoms with van der Waals surface area (Å²) in [4.78, 5) is 26.1. The molecule has 1 aliphatic heterocycles. The number of rotatable bonds is 2. The molecule has 0 saturated carbocycles. The maximum absolute atomic E-state index is 14.2. The Balaban J connectivity index is 1.76. The van der Waals surface area contributed by atoms with Crippen LogP contribution in [0, 0.1) is 5.82 Å². The molecule has 1 aliphatic carbocycles. The lowest BCUT2D eigenvalue weighted by molar-refractivity contribution is -0.122. The Kier molecular flexibility index (Phi) is 3.81. The average Bonchev–Trinajstić information content (AvgIpc) is 3.08. The topological polar surface area (TPSA) is 46.2 Å². The molecule has 1 N–H and O–H groups in total. The fourth-order valence-electron chi connectivity index (χ4n) is 3.71. The molecule has 1 amide bonds. The van der Waals surface area contributed by atoms with Crippen molar-refractivity contribution in [3.8, 4) is 0 Å². The molecule has 1 aromatic carbocycles. The first kappa shape index (κ1) is 15.3. The van der Waals surface area contributed by atoms with Crippen molar-refractivity contribution in [1.82, 2.24) is 5.32 Å². The van der Waals surface area contributed by atoms with Gasteiger partial charge in [0.25, 0.3) is 0 Å². The van der Waals surface area contributed by atoms with Gasteiger partial charge >= 0.3 is 0 Å². The minimum atomic E-state index is -0.480. The van der Waals surface area contributed by atoms with E-state index < -0.39 is 5.92 Å². The number of thiophene rings is 1. The fraction of sp³-hybridized carbons (Fsp3) is 0.263. The smallest absolute Gasteiger partial charge is 0.225 e. The van der Waals surface area contributed by atoms with Crippen LogP contribution in [0.5, 0.6) is 0 Å². The monoisotopic (exact) mass is 341 g/mol. The number of amides is 1. The van der Waals surface area contributed by atoms with Crippen molar-refractivity contribution in [2.45, 2.75) is 31.1 Å². The van der Waals surface area contributed by atoms with Crippen molar-refractivity contribution in [2.24, 2.45) is 0 Å². The third kappa shape index (κ3) is 2.59. The summed E-state index contributed by atoms with van der Waals surface area (Å²) in [6, 6.07) is 10.4. The van der Waals surface area contributed by atoms with E-state index in [2.05, 4.69) is 5.32 Å². The number of halogens is 1. The number of hydrogen-bond acceptors (Lipinski definition) is 3. The van der Waals surface area contributed by atoms with Crippen LogP contribution in [0.25, 0.3) is 0 Å². The summed E-state index contributed by atoms with van der Waals surface area (Å²) in [5.74, 6) is -0.885. The van der Waals surface area contributed by atoms with Crippen molar-refractivity contribution in [3.05, 3.63) is 69.3 Å². The molecule has 0 radical (unpaired) electrons. The van der Waals surface area contributed by atoms with Crippen molar-refractivity contribution >= 4 is 23.0 Å². The molecule has 122 valence electrons. The first-order chi connectivity index (χ1) is 11.6. The van der Waals surface area contributed by atoms with E-state index in [0.29, 0.717) is 29.7 Å². The molecule has 3 nitrogen and oxygen atoms in total. The van der Waals surface area contributed by atoms with E-state index in [1.165, 1.54) is 6.07 Å². The van der Waals surface area contributed by atoms with Crippen LogP contribution in [0.4, 0.5) is 4.39 Å². The maximum atomic E-state index is 14.2. The highest BCUT2D eigenvalue weighted by atomic mass is 32.1. The maximum Gasteiger partial charge on any atom is 0.225 e. The van der Waals surface area contributed by atoms with E-state index in [9.17, 15) is 14.0 Å². The summed E-state index contributed by atoms with van der Waals surface area (Å²) < 4.78 is 14.2. The van der Waals surface area contributed by atoms with Crippen LogP contribution in [-0.2, 0) is 9.59 Å². The zero-order valence-corrected chi connectivity index (χ0v) is 13.7. The second kappa shape index (κ2) is 5.98. The summed E-state index contributed by atoms with van der Waals surface area (Å²) in [5, 5.41) is 4.85. The third-order valence-corrected chi connectivity index (χ3v) is 5.80. The highest BCUT2D eigenvalue weighted by Crippen LogP contribution is 2.43. The number of allylic oxidation sites excluding steroid dienone is 2. The zero-order valence-electron chi connectivity index (χ0n) is 12.9. The molecular formula is C19H16FNO2S. The van der Waals surface area contributed by atoms with E-state index in [1.807, 2.05) is 17.5 Å². The van der Waals surface area contributed by atoms with Gasteiger partial charge in [-0.25, -0.2) is 4.39 Å². The number of nitrogens with one attached hydrogen (secondary N) is 1. The molecule has 2 aliphatic rings. The fourth-order valence-corrected chi connectivity index (χ4v) is 4.54. The third-order valence-electron chi connectivity index (χ3n) is 4.76. The van der Waals surface area contributed by atoms with Crippen LogP contribution in [0.3, 0.4) is 0 Å². The molecular weight excluding hydrogens is 325 g/mol. The van der Waals surface area contributed by atoms with Gasteiger partial charge in [-0.05, 0) is 29.5 Å². The largest absolute Gasteiger partial charge is 0.329 e. The lowest BCUT2D eigenvalue weighted by Gasteiger charge is -2.34. The summed E-state index contributed by atoms with van der Waals surface area (Å²) in [7, 11) is 0. The molecule has 0 saturated heterocycles. The first-order valence-corrected chi connectivity index (χ1v) is 8.85. The van der Waals surface area contributed by atoms with Crippen molar-refractivity contribution in [1.29, 1.82) is 0 Å². The van der Waals surface area contributed by atoms with Gasteiger partial charge < -0.3 is 5.32 Å². The standard InChI is InChI=1S/C19H16FNO2S/c20-14-5-2-1-4-12(14)13-10-18(23)21-15-8-11(9-16(22)19(13)15)17-6-3-7-24-17/h1-7,11,13H,8-10H2,(H,21,23)/t11-,13+/m0/s1. The van der Waals surface area contributed by atoms with Crippen molar-refractivity contribution < 1.29 is 14.0 Å². The molecule has 2 heterocycles. The van der Waals surface area contributed by atoms with Crippen LogP contribution in [-0.4, -0.2) is 11.7 Å². The van der Waals surface area contributed by atoms with Gasteiger partial charge in [0, 0.05) is 40.8 Å². The Morgan fingerprint density at radius 3 is 2.62 bits per heavy atom. The van der Waals surface area contributed by atoms with E-state index >= 15 is 0 Å². The van der Waals surface area contributed by atoms with Gasteiger partial charge in [-0.3, -0.25) is 9.59 Å². The molecule has 2 atom stereocenters. The van der Waals surface area contributed by atoms with Gasteiger partial charge in [0.15, 0.2) is 5.78 Å². The van der Waals surface area contributed by atoms with Crippen LogP contribution in [0.2, 0.25) is 0 Å². The zero-order chi connectivity index (χ0) is 16.7. The Morgan fingerprint density at radius 1 is 1.04 bits per heavy atom. The van der Waals surface area contributed by atoms with E-state index in [4.69, 9.17) is 0 Å². The number of benzene rings is 1. The molecule has 0 fully saturated rings. The van der Waals surface area contributed by atoms with Gasteiger partial charge in [0.05, 0.1) is 0 Å². The number of Topliss-reactive ketones (excluding diaryl/α,β-unsaturated/α-hetero) is 1. The van der Waals surface area contributed by atoms with Crippen LogP contribution in [0.1, 0.15) is 41.5 Å². The molecule has 24 heavy (non-hydrogen) atoms. The lowest BCUT2D eigenvalue weighted by atomic mass is 9.74. The number of carbonyl (C=O) groups excluding carboxylic acids is 2. The molecule has 5 heteroatoms. The van der Waals surface area contributed by atoms with Crippen LogP contribution < -0.4 is 5.32 Å². The SMILES string of the molecule is O=C1C[C@H](c2ccccc2F)C2=C(C[C@H](c3cccs3)CC2=O)N1. The molecule has 0 bridgehead atoms. The molecule has 2 aromatic rings. The Labute approximate surface area is 143 Å². The first-order valence-electron chi connectivity index (χ1n) is 7.97. The predicted molar refractivity (Wildman–Crippen MR) is 90.2 cm³/mol. The predicted octanol–water partition coefficient (Wildman–Crippen LogP) is 3.89. The summed E-state index contributed by atoms with van der Waals surface area (Å²) in [6.45, 7) is 0. The molecule has 0 unspecified atom stereocenters. The van der Waals surface area contributed by atoms with Gasteiger partial charge in [-0.15, -0.1) is 11.3 Å². The van der Waals surface area contributed by atoms with Crippen LogP contribution in [0.15, 0.2) is 53.0 Å². The summed E-state index contributed by atoms with van der Waals surface area (Å²) >= 11 is 1.62. The Bertz CT molecular complexity index is 841. The lowest BCUT2D eigenvalue weighted by Crippen LogP contribution is -2.38. The van der Waals surface area contributed by atoms with Gasteiger partial charge in [0.2, 0.25) is 5.91 Å². The van der Waals surface area contributed by atoms with E-state index in [1.54, 1.807) is 29.5 Å². The molecule has 1 aromatic heterocycles. The molecule has 0 spiro atoms. The van der Waals surface area contributed by atoms with Gasteiger partial charge in [-0.2, -0.15) is 0 Å². The second-order valence-electron chi connectivity index (χ2n) is 6.26. The number of carbonyl (C=O) groups is 2. The Hall–Kier alpha value is -2.27.